The molecule has 0 aliphatic rings. The molecule has 1 aromatic rings. The Morgan fingerprint density at radius 2 is 2.27 bits per heavy atom. The van der Waals surface area contributed by atoms with Gasteiger partial charge in [-0.2, -0.15) is 4.31 Å². The number of hydrogen-bond donors (Lipinski definition) is 1. The first kappa shape index (κ1) is 12.6. The minimum absolute atomic E-state index is 0.164. The van der Waals surface area contributed by atoms with Gasteiger partial charge >= 0.3 is 0 Å². The van der Waals surface area contributed by atoms with Crippen LogP contribution in [-0.4, -0.2) is 30.8 Å². The minimum atomic E-state index is -3.46. The summed E-state index contributed by atoms with van der Waals surface area (Å²) >= 11 is 5.94. The first-order valence-corrected chi connectivity index (χ1v) is 6.91. The Labute approximate surface area is 98.8 Å². The number of nitrogens with two attached hydrogens (primary N) is 1. The SMILES string of the molecule is CC(C(N)=S)N(C)S(=O)(=O)c1cccs1. The van der Waals surface area contributed by atoms with Crippen LogP contribution >= 0.6 is 23.6 Å². The zero-order valence-electron chi connectivity index (χ0n) is 8.38. The predicted molar refractivity (Wildman–Crippen MR) is 65.5 cm³/mol. The van der Waals surface area contributed by atoms with E-state index in [4.69, 9.17) is 18.0 Å². The lowest BCUT2D eigenvalue weighted by Crippen LogP contribution is -2.42. The summed E-state index contributed by atoms with van der Waals surface area (Å²) in [6, 6.07) is 2.77. The first-order valence-electron chi connectivity index (χ1n) is 4.18. The molecule has 0 saturated heterocycles. The van der Waals surface area contributed by atoms with Gasteiger partial charge in [-0.1, -0.05) is 18.3 Å². The molecule has 1 rings (SSSR count). The fraction of sp³-hybridized carbons (Fsp3) is 0.375. The fourth-order valence-corrected chi connectivity index (χ4v) is 3.68. The molecule has 0 aliphatic carbocycles. The molecule has 0 spiro atoms. The molecule has 4 nitrogen and oxygen atoms in total. The molecule has 1 heterocycles. The van der Waals surface area contributed by atoms with Crippen LogP contribution in [0.1, 0.15) is 6.92 Å². The summed E-state index contributed by atoms with van der Waals surface area (Å²) in [7, 11) is -1.98. The standard InChI is InChI=1S/C8H12N2O2S3/c1-6(8(9)13)10(2)15(11,12)7-4-3-5-14-7/h3-6H,1-2H3,(H2,9,13). The van der Waals surface area contributed by atoms with Crippen molar-refractivity contribution in [2.24, 2.45) is 5.73 Å². The van der Waals surface area contributed by atoms with E-state index < -0.39 is 16.1 Å². The lowest BCUT2D eigenvalue weighted by atomic mass is 10.3. The molecule has 84 valence electrons. The van der Waals surface area contributed by atoms with Crippen LogP contribution in [0.3, 0.4) is 0 Å². The van der Waals surface area contributed by atoms with Gasteiger partial charge in [0.05, 0.1) is 11.0 Å². The number of likely N-dealkylation sites (N-methyl/N-ethyl adjacent to an activating group) is 1. The van der Waals surface area contributed by atoms with E-state index in [1.165, 1.54) is 22.7 Å². The summed E-state index contributed by atoms with van der Waals surface area (Å²) in [6.07, 6.45) is 0. The van der Waals surface area contributed by atoms with Gasteiger partial charge in [0.1, 0.15) is 4.21 Å². The molecule has 1 atom stereocenters. The summed E-state index contributed by atoms with van der Waals surface area (Å²) in [5.74, 6) is 0. The largest absolute Gasteiger partial charge is 0.392 e. The van der Waals surface area contributed by atoms with E-state index in [0.29, 0.717) is 4.21 Å². The number of rotatable bonds is 4. The monoisotopic (exact) mass is 264 g/mol. The maximum Gasteiger partial charge on any atom is 0.252 e. The van der Waals surface area contributed by atoms with Crippen LogP contribution in [0.25, 0.3) is 0 Å². The highest BCUT2D eigenvalue weighted by atomic mass is 32.2. The van der Waals surface area contributed by atoms with Gasteiger partial charge in [-0.25, -0.2) is 8.42 Å². The Bertz CT molecular complexity index is 438. The number of sulfonamides is 1. The van der Waals surface area contributed by atoms with Crippen LogP contribution in [0, 0.1) is 0 Å². The highest BCUT2D eigenvalue weighted by molar-refractivity contribution is 7.91. The normalized spacial score (nSPS) is 14.1. The molecule has 0 bridgehead atoms. The van der Waals surface area contributed by atoms with Gasteiger partial charge in [0.25, 0.3) is 10.0 Å². The molecule has 1 unspecified atom stereocenters. The molecule has 15 heavy (non-hydrogen) atoms. The zero-order chi connectivity index (χ0) is 11.6. The second-order valence-corrected chi connectivity index (χ2v) is 6.68. The van der Waals surface area contributed by atoms with Crippen molar-refractivity contribution in [1.82, 2.24) is 4.31 Å². The van der Waals surface area contributed by atoms with Gasteiger partial charge < -0.3 is 5.73 Å². The third kappa shape index (κ3) is 2.54. The lowest BCUT2D eigenvalue weighted by molar-refractivity contribution is 0.453. The average molecular weight is 264 g/mol. The molecule has 0 saturated carbocycles. The van der Waals surface area contributed by atoms with E-state index in [1.54, 1.807) is 24.4 Å². The molecule has 1 aromatic heterocycles. The number of nitrogens with zero attached hydrogens (tertiary/aromatic N) is 1. The van der Waals surface area contributed by atoms with E-state index in [2.05, 4.69) is 0 Å². The van der Waals surface area contributed by atoms with Crippen LogP contribution in [-0.2, 0) is 10.0 Å². The van der Waals surface area contributed by atoms with Crippen molar-refractivity contribution in [2.75, 3.05) is 7.05 Å². The summed E-state index contributed by atoms with van der Waals surface area (Å²) in [6.45, 7) is 1.66. The summed E-state index contributed by atoms with van der Waals surface area (Å²) in [4.78, 5) is 0.164. The average Bonchev–Trinajstić information content (AvgIpc) is 2.68. The summed E-state index contributed by atoms with van der Waals surface area (Å²) in [5, 5.41) is 1.71. The van der Waals surface area contributed by atoms with Gasteiger partial charge in [0, 0.05) is 7.05 Å². The predicted octanol–water partition coefficient (Wildman–Crippen LogP) is 1.04. The molecule has 0 fully saturated rings. The Morgan fingerprint density at radius 1 is 1.67 bits per heavy atom. The summed E-state index contributed by atoms with van der Waals surface area (Å²) in [5.41, 5.74) is 5.42. The highest BCUT2D eigenvalue weighted by Gasteiger charge is 2.27. The van der Waals surface area contributed by atoms with E-state index in [1.807, 2.05) is 0 Å². The molecule has 2 N–H and O–H groups in total. The van der Waals surface area contributed by atoms with Crippen molar-refractivity contribution < 1.29 is 8.42 Å². The molecule has 0 aromatic carbocycles. The van der Waals surface area contributed by atoms with E-state index in [9.17, 15) is 8.42 Å². The fourth-order valence-electron chi connectivity index (χ4n) is 0.940. The second kappa shape index (κ2) is 4.56. The number of thiophene rings is 1. The topological polar surface area (TPSA) is 63.4 Å². The summed E-state index contributed by atoms with van der Waals surface area (Å²) < 4.78 is 25.4. The smallest absolute Gasteiger partial charge is 0.252 e. The maximum absolute atomic E-state index is 12.0. The highest BCUT2D eigenvalue weighted by Crippen LogP contribution is 2.21. The van der Waals surface area contributed by atoms with Gasteiger partial charge in [0.2, 0.25) is 0 Å². The van der Waals surface area contributed by atoms with Crippen LogP contribution in [0.5, 0.6) is 0 Å². The van der Waals surface area contributed by atoms with Crippen LogP contribution in [0.2, 0.25) is 0 Å². The lowest BCUT2D eigenvalue weighted by Gasteiger charge is -2.22. The van der Waals surface area contributed by atoms with Gasteiger partial charge in [0.15, 0.2) is 0 Å². The Hall–Kier alpha value is -0.500. The molecule has 0 amide bonds. The van der Waals surface area contributed by atoms with Crippen LogP contribution in [0.15, 0.2) is 21.7 Å². The van der Waals surface area contributed by atoms with E-state index in [-0.39, 0.29) is 4.99 Å². The number of hydrogen-bond acceptors (Lipinski definition) is 4. The molecule has 0 aliphatic heterocycles. The number of thiocarbonyl (C=S) groups is 1. The van der Waals surface area contributed by atoms with Gasteiger partial charge in [-0.15, -0.1) is 11.3 Å². The quantitative estimate of drug-likeness (QED) is 0.826. The molecule has 7 heteroatoms. The van der Waals surface area contributed by atoms with Crippen molar-refractivity contribution in [3.05, 3.63) is 17.5 Å². The minimum Gasteiger partial charge on any atom is -0.392 e. The van der Waals surface area contributed by atoms with Crippen molar-refractivity contribution in [1.29, 1.82) is 0 Å². The van der Waals surface area contributed by atoms with Gasteiger partial charge in [-0.3, -0.25) is 0 Å². The Balaban J connectivity index is 3.03. The van der Waals surface area contributed by atoms with Crippen LogP contribution < -0.4 is 5.73 Å². The molecule has 0 radical (unpaired) electrons. The van der Waals surface area contributed by atoms with Crippen molar-refractivity contribution in [3.63, 3.8) is 0 Å². The Morgan fingerprint density at radius 3 is 2.67 bits per heavy atom. The first-order chi connectivity index (χ1) is 6.87. The van der Waals surface area contributed by atoms with Crippen molar-refractivity contribution >= 4 is 38.6 Å². The Kier molecular flexibility index (Phi) is 3.82. The van der Waals surface area contributed by atoms with E-state index in [0.717, 1.165) is 0 Å². The van der Waals surface area contributed by atoms with Crippen molar-refractivity contribution in [3.8, 4) is 0 Å². The molecular weight excluding hydrogens is 252 g/mol. The zero-order valence-corrected chi connectivity index (χ0v) is 10.8. The molecular formula is C8H12N2O2S3. The third-order valence-electron chi connectivity index (χ3n) is 2.09. The van der Waals surface area contributed by atoms with Gasteiger partial charge in [-0.05, 0) is 18.4 Å². The van der Waals surface area contributed by atoms with Crippen molar-refractivity contribution in [2.45, 2.75) is 17.2 Å². The maximum atomic E-state index is 12.0. The third-order valence-corrected chi connectivity index (χ3v) is 5.73. The second-order valence-electron chi connectivity index (χ2n) is 3.03. The van der Waals surface area contributed by atoms with E-state index >= 15 is 0 Å². The van der Waals surface area contributed by atoms with Crippen LogP contribution in [0.4, 0.5) is 0 Å².